The van der Waals surface area contributed by atoms with E-state index in [9.17, 15) is 29.4 Å². The normalized spacial score (nSPS) is 17.3. The van der Waals surface area contributed by atoms with E-state index in [-0.39, 0.29) is 43.4 Å². The molecule has 7 rings (SSSR count). The molecule has 0 aromatic heterocycles. The minimum atomic E-state index is -0.857. The largest absolute Gasteiger partial charge is 0.396 e. The van der Waals surface area contributed by atoms with Crippen LogP contribution in [0.5, 0.6) is 0 Å². The van der Waals surface area contributed by atoms with Gasteiger partial charge in [0.1, 0.15) is 0 Å². The van der Waals surface area contributed by atoms with Gasteiger partial charge in [-0.3, -0.25) is 29.0 Å². The van der Waals surface area contributed by atoms with Gasteiger partial charge in [0.25, 0.3) is 23.6 Å². The molecule has 0 saturated heterocycles. The van der Waals surface area contributed by atoms with Gasteiger partial charge < -0.3 is 19.7 Å². The Morgan fingerprint density at radius 2 is 0.945 bits per heavy atom. The zero-order valence-electron chi connectivity index (χ0n) is 33.2. The molecule has 10 nitrogen and oxygen atoms in total. The number of rotatable bonds is 15. The second-order valence-corrected chi connectivity index (χ2v) is 17.1. The molecule has 5 aromatic carbocycles. The Morgan fingerprint density at radius 3 is 1.33 bits per heavy atom. The summed E-state index contributed by atoms with van der Waals surface area (Å²) in [5.41, 5.74) is -1.14. The van der Waals surface area contributed by atoms with Crippen LogP contribution in [0.15, 0.2) is 48.5 Å². The first kappa shape index (κ1) is 38.8. The summed E-state index contributed by atoms with van der Waals surface area (Å²) in [6, 6.07) is 14.8. The van der Waals surface area contributed by atoms with E-state index in [1.54, 1.807) is 24.3 Å². The second-order valence-electron chi connectivity index (χ2n) is 17.1. The van der Waals surface area contributed by atoms with Gasteiger partial charge in [0, 0.05) is 58.4 Å². The Labute approximate surface area is 321 Å². The van der Waals surface area contributed by atoms with Crippen molar-refractivity contribution in [3.05, 3.63) is 70.8 Å². The van der Waals surface area contributed by atoms with Gasteiger partial charge in [-0.1, -0.05) is 38.1 Å². The van der Waals surface area contributed by atoms with E-state index in [4.69, 9.17) is 9.47 Å². The minimum Gasteiger partial charge on any atom is -0.396 e. The van der Waals surface area contributed by atoms with Gasteiger partial charge >= 0.3 is 0 Å². The lowest BCUT2D eigenvalue weighted by Crippen LogP contribution is -2.55. The van der Waals surface area contributed by atoms with Crippen LogP contribution in [-0.2, 0) is 9.47 Å². The maximum Gasteiger partial charge on any atom is 0.261 e. The van der Waals surface area contributed by atoms with Crippen molar-refractivity contribution >= 4 is 66.7 Å². The molecule has 2 aliphatic heterocycles. The monoisotopic (exact) mass is 748 g/mol. The number of fused-ring (bicyclic) bond motifs is 2. The molecule has 0 radical (unpaired) electrons. The smallest absolute Gasteiger partial charge is 0.261 e. The fourth-order valence-corrected chi connectivity index (χ4v) is 8.56. The van der Waals surface area contributed by atoms with E-state index in [2.05, 4.69) is 0 Å². The number of amides is 4. The van der Waals surface area contributed by atoms with Crippen LogP contribution in [0.2, 0.25) is 0 Å². The molecule has 0 fully saturated rings. The highest BCUT2D eigenvalue weighted by molar-refractivity contribution is 6.41. The molecule has 0 bridgehead atoms. The number of aliphatic hydroxyl groups excluding tert-OH is 2. The highest BCUT2D eigenvalue weighted by Crippen LogP contribution is 2.47. The molecular weight excluding hydrogens is 697 g/mol. The third-order valence-electron chi connectivity index (χ3n) is 12.6. The van der Waals surface area contributed by atoms with E-state index in [0.29, 0.717) is 71.7 Å². The molecule has 2 N–H and O–H groups in total. The summed E-state index contributed by atoms with van der Waals surface area (Å²) >= 11 is 0. The Morgan fingerprint density at radius 1 is 0.527 bits per heavy atom. The lowest BCUT2D eigenvalue weighted by Gasteiger charge is -2.42. The van der Waals surface area contributed by atoms with Crippen LogP contribution in [0, 0.1) is 0 Å². The van der Waals surface area contributed by atoms with Crippen LogP contribution < -0.4 is 0 Å². The predicted molar refractivity (Wildman–Crippen MR) is 214 cm³/mol. The summed E-state index contributed by atoms with van der Waals surface area (Å²) in [6.45, 7) is 15.7. The molecule has 5 aromatic rings. The molecule has 2 unspecified atom stereocenters. The number of hydrogen-bond donors (Lipinski definition) is 2. The van der Waals surface area contributed by atoms with Crippen LogP contribution in [0.3, 0.4) is 0 Å². The van der Waals surface area contributed by atoms with Gasteiger partial charge in [0.15, 0.2) is 0 Å². The van der Waals surface area contributed by atoms with Gasteiger partial charge in [-0.25, -0.2) is 0 Å². The minimum absolute atomic E-state index is 0.00121. The number of aliphatic hydroxyl groups is 2. The standard InChI is InChI=1S/C45H52N2O8/c1-9-44(7,21-24-55-45(8,10-2)25-49)47-40(52)32-17-13-28-26-11-15-30-36-31(16-12-27(34(26)36)29-14-18-33(41(47)53)37(32)35(28)29)39(51)46(38(30)50)42(3,4)20-23-54-43(5,6)19-22-48/h11-18,48-49H,9-10,19-25H2,1-8H3. The van der Waals surface area contributed by atoms with E-state index in [0.717, 1.165) is 32.3 Å². The van der Waals surface area contributed by atoms with E-state index >= 15 is 0 Å². The highest BCUT2D eigenvalue weighted by atomic mass is 16.5. The zero-order chi connectivity index (χ0) is 39.8. The summed E-state index contributed by atoms with van der Waals surface area (Å²) in [4.78, 5) is 60.3. The van der Waals surface area contributed by atoms with Crippen molar-refractivity contribution in [3.63, 3.8) is 0 Å². The van der Waals surface area contributed by atoms with Crippen molar-refractivity contribution in [1.29, 1.82) is 0 Å². The molecule has 0 saturated carbocycles. The Bertz CT molecular complexity index is 2270. The molecule has 290 valence electrons. The van der Waals surface area contributed by atoms with Crippen LogP contribution in [-0.4, -0.2) is 92.3 Å². The second kappa shape index (κ2) is 13.6. The van der Waals surface area contributed by atoms with E-state index in [1.165, 1.54) is 9.80 Å². The summed E-state index contributed by atoms with van der Waals surface area (Å²) < 4.78 is 12.1. The number of carbonyl (C=O) groups excluding carboxylic acids is 4. The highest BCUT2D eigenvalue weighted by Gasteiger charge is 2.45. The van der Waals surface area contributed by atoms with Crippen molar-refractivity contribution < 1.29 is 38.9 Å². The summed E-state index contributed by atoms with van der Waals surface area (Å²) in [7, 11) is 0. The van der Waals surface area contributed by atoms with E-state index < -0.39 is 22.3 Å². The van der Waals surface area contributed by atoms with Crippen molar-refractivity contribution in [2.24, 2.45) is 0 Å². The number of hydrogen-bond acceptors (Lipinski definition) is 8. The maximum absolute atomic E-state index is 14.4. The van der Waals surface area contributed by atoms with Crippen molar-refractivity contribution in [2.75, 3.05) is 26.4 Å². The number of carbonyl (C=O) groups is 4. The van der Waals surface area contributed by atoms with Crippen LogP contribution >= 0.6 is 0 Å². The number of nitrogens with zero attached hydrogens (tertiary/aromatic N) is 2. The molecule has 10 heteroatoms. The average Bonchev–Trinajstić information content (AvgIpc) is 3.15. The SMILES string of the molecule is CCC(C)(CO)OCCC(C)(CC)N1C(=O)c2ccc3c4ccc5c6c(ccc(c7ccc(c2c37)C1=O)c64)C(=O)N(C(C)(C)CCOC(C)(C)CCO)C5=O. The maximum atomic E-state index is 14.4. The van der Waals surface area contributed by atoms with Crippen molar-refractivity contribution in [2.45, 2.75) is 110 Å². The first-order valence-corrected chi connectivity index (χ1v) is 19.5. The molecule has 0 aliphatic carbocycles. The number of imide groups is 2. The third-order valence-corrected chi connectivity index (χ3v) is 12.6. The number of ether oxygens (including phenoxy) is 2. The van der Waals surface area contributed by atoms with Crippen LogP contribution in [0.4, 0.5) is 0 Å². The van der Waals surface area contributed by atoms with Gasteiger partial charge in [-0.2, -0.15) is 0 Å². The molecule has 4 amide bonds. The van der Waals surface area contributed by atoms with Gasteiger partial charge in [0.2, 0.25) is 0 Å². The van der Waals surface area contributed by atoms with Crippen LogP contribution in [0.1, 0.15) is 129 Å². The number of benzene rings is 5. The fourth-order valence-electron chi connectivity index (χ4n) is 8.56. The van der Waals surface area contributed by atoms with Crippen LogP contribution in [0.25, 0.3) is 43.1 Å². The molecule has 55 heavy (non-hydrogen) atoms. The molecule has 0 spiro atoms. The molecule has 2 heterocycles. The molecule has 2 atom stereocenters. The summed E-state index contributed by atoms with van der Waals surface area (Å²) in [6.07, 6.45) is 2.44. The van der Waals surface area contributed by atoms with E-state index in [1.807, 2.05) is 79.7 Å². The lowest BCUT2D eigenvalue weighted by atomic mass is 9.80. The summed E-state index contributed by atoms with van der Waals surface area (Å²) in [5.74, 6) is -1.45. The van der Waals surface area contributed by atoms with Crippen molar-refractivity contribution in [3.8, 4) is 0 Å². The first-order chi connectivity index (χ1) is 26.0. The molecule has 2 aliphatic rings. The Kier molecular flexibility index (Phi) is 9.60. The zero-order valence-corrected chi connectivity index (χ0v) is 33.2. The predicted octanol–water partition coefficient (Wildman–Crippen LogP) is 8.01. The third kappa shape index (κ3) is 6.00. The average molecular weight is 749 g/mol. The lowest BCUT2D eigenvalue weighted by molar-refractivity contribution is -0.0779. The summed E-state index contributed by atoms with van der Waals surface area (Å²) in [5, 5.41) is 25.4. The van der Waals surface area contributed by atoms with Crippen molar-refractivity contribution in [1.82, 2.24) is 9.80 Å². The quantitative estimate of drug-likeness (QED) is 0.0625. The Hall–Kier alpha value is -4.48. The van der Waals surface area contributed by atoms with Gasteiger partial charge in [0.05, 0.1) is 23.3 Å². The van der Waals surface area contributed by atoms with Gasteiger partial charge in [-0.15, -0.1) is 0 Å². The Balaban J connectivity index is 1.30. The topological polar surface area (TPSA) is 134 Å². The molecular formula is C45H52N2O8. The first-order valence-electron chi connectivity index (χ1n) is 19.5. The fraction of sp³-hybridized carbons (Fsp3) is 0.467. The van der Waals surface area contributed by atoms with Gasteiger partial charge in [-0.05, 0) is 130 Å².